The largest absolute Gasteiger partial charge is 0.456 e. The van der Waals surface area contributed by atoms with Crippen molar-refractivity contribution in [2.75, 3.05) is 6.54 Å². The maximum atomic E-state index is 12.0. The van der Waals surface area contributed by atoms with Crippen molar-refractivity contribution >= 4 is 5.97 Å². The number of benzene rings is 1. The van der Waals surface area contributed by atoms with Gasteiger partial charge in [0.1, 0.15) is 12.2 Å². The van der Waals surface area contributed by atoms with Gasteiger partial charge in [0.15, 0.2) is 6.29 Å². The number of aliphatic hydroxyl groups excluding tert-OH is 1. The Kier molecular flexibility index (Phi) is 4.95. The fourth-order valence-electron chi connectivity index (χ4n) is 2.04. The monoisotopic (exact) mass is 277 g/mol. The van der Waals surface area contributed by atoms with Crippen LogP contribution in [0.5, 0.6) is 0 Å². The predicted octanol–water partition coefficient (Wildman–Crippen LogP) is 2.02. The first kappa shape index (κ1) is 14.3. The van der Waals surface area contributed by atoms with Gasteiger partial charge in [0.25, 0.3) is 0 Å². The summed E-state index contributed by atoms with van der Waals surface area (Å²) >= 11 is 0. The molecule has 0 unspecified atom stereocenters. The number of rotatable bonds is 4. The lowest BCUT2D eigenvalue weighted by molar-refractivity contribution is -0.195. The van der Waals surface area contributed by atoms with Crippen LogP contribution in [0.15, 0.2) is 35.4 Å². The number of carbonyl (C=O) groups is 1. The molecule has 106 valence electrons. The van der Waals surface area contributed by atoms with Crippen LogP contribution in [-0.2, 0) is 9.47 Å². The van der Waals surface area contributed by atoms with Gasteiger partial charge in [0, 0.05) is 11.3 Å². The zero-order chi connectivity index (χ0) is 14.4. The SMILES string of the molecule is [N-]=[N+]=NC[C@H]1O[C@@H](O)CC[C@@H]1OC(=O)c1ccccc1. The minimum absolute atomic E-state index is 0.0142. The number of ether oxygens (including phenoxy) is 2. The lowest BCUT2D eigenvalue weighted by atomic mass is 10.0. The molecule has 20 heavy (non-hydrogen) atoms. The van der Waals surface area contributed by atoms with E-state index in [9.17, 15) is 9.90 Å². The molecule has 3 atom stereocenters. The van der Waals surface area contributed by atoms with Crippen molar-refractivity contribution in [2.24, 2.45) is 5.11 Å². The van der Waals surface area contributed by atoms with Gasteiger partial charge < -0.3 is 14.6 Å². The first-order valence-corrected chi connectivity index (χ1v) is 6.31. The van der Waals surface area contributed by atoms with Crippen LogP contribution in [0, 0.1) is 0 Å². The van der Waals surface area contributed by atoms with E-state index in [1.807, 2.05) is 0 Å². The molecule has 1 aromatic carbocycles. The molecule has 1 aliphatic heterocycles. The summed E-state index contributed by atoms with van der Waals surface area (Å²) in [6.45, 7) is 0.0142. The predicted molar refractivity (Wildman–Crippen MR) is 69.8 cm³/mol. The molecule has 1 heterocycles. The second-order valence-corrected chi connectivity index (χ2v) is 4.43. The van der Waals surface area contributed by atoms with Gasteiger partial charge >= 0.3 is 5.97 Å². The highest BCUT2D eigenvalue weighted by molar-refractivity contribution is 5.89. The summed E-state index contributed by atoms with van der Waals surface area (Å²) in [6.07, 6.45) is -1.23. The Morgan fingerprint density at radius 1 is 1.45 bits per heavy atom. The van der Waals surface area contributed by atoms with Crippen LogP contribution < -0.4 is 0 Å². The second-order valence-electron chi connectivity index (χ2n) is 4.43. The average molecular weight is 277 g/mol. The summed E-state index contributed by atoms with van der Waals surface area (Å²) in [4.78, 5) is 14.6. The Labute approximate surface area is 115 Å². The average Bonchev–Trinajstić information content (AvgIpc) is 2.48. The molecule has 1 aliphatic rings. The van der Waals surface area contributed by atoms with E-state index in [-0.39, 0.29) is 6.54 Å². The highest BCUT2D eigenvalue weighted by atomic mass is 16.6. The minimum atomic E-state index is -0.916. The normalized spacial score (nSPS) is 25.6. The molecule has 2 rings (SSSR count). The summed E-state index contributed by atoms with van der Waals surface area (Å²) in [5.41, 5.74) is 8.79. The number of hydrogen-bond acceptors (Lipinski definition) is 5. The van der Waals surface area contributed by atoms with Gasteiger partial charge in [-0.15, -0.1) is 0 Å². The molecule has 1 aromatic rings. The minimum Gasteiger partial charge on any atom is -0.456 e. The number of hydrogen-bond donors (Lipinski definition) is 1. The van der Waals surface area contributed by atoms with Crippen molar-refractivity contribution in [1.82, 2.24) is 0 Å². The van der Waals surface area contributed by atoms with E-state index in [0.29, 0.717) is 18.4 Å². The van der Waals surface area contributed by atoms with Crippen LogP contribution in [0.25, 0.3) is 10.4 Å². The van der Waals surface area contributed by atoms with Crippen molar-refractivity contribution < 1.29 is 19.4 Å². The van der Waals surface area contributed by atoms with E-state index in [0.717, 1.165) is 0 Å². The molecule has 1 saturated heterocycles. The van der Waals surface area contributed by atoms with E-state index in [1.165, 1.54) is 0 Å². The molecular weight excluding hydrogens is 262 g/mol. The summed E-state index contributed by atoms with van der Waals surface area (Å²) < 4.78 is 10.6. The van der Waals surface area contributed by atoms with Crippen molar-refractivity contribution in [3.05, 3.63) is 46.3 Å². The summed E-state index contributed by atoms with van der Waals surface area (Å²) in [5.74, 6) is -0.457. The molecular formula is C13H15N3O4. The third-order valence-electron chi connectivity index (χ3n) is 3.04. The fourth-order valence-corrected chi connectivity index (χ4v) is 2.04. The standard InChI is InChI=1S/C13H15N3O4/c14-16-15-8-11-10(6-7-12(17)19-11)20-13(18)9-4-2-1-3-5-9/h1-5,10-12,17H,6-8H2/t10-,11+,12+/m0/s1. The molecule has 0 aromatic heterocycles. The number of carbonyl (C=O) groups excluding carboxylic acids is 1. The molecule has 0 radical (unpaired) electrons. The van der Waals surface area contributed by atoms with Gasteiger partial charge in [-0.25, -0.2) is 4.79 Å². The van der Waals surface area contributed by atoms with Gasteiger partial charge in [-0.05, 0) is 24.1 Å². The van der Waals surface area contributed by atoms with E-state index in [2.05, 4.69) is 10.0 Å². The maximum absolute atomic E-state index is 12.0. The molecule has 1 N–H and O–H groups in total. The van der Waals surface area contributed by atoms with E-state index >= 15 is 0 Å². The highest BCUT2D eigenvalue weighted by Crippen LogP contribution is 2.22. The van der Waals surface area contributed by atoms with Gasteiger partial charge in [-0.1, -0.05) is 23.3 Å². The molecule has 0 bridgehead atoms. The maximum Gasteiger partial charge on any atom is 0.338 e. The van der Waals surface area contributed by atoms with Crippen molar-refractivity contribution in [3.63, 3.8) is 0 Å². The number of azide groups is 1. The van der Waals surface area contributed by atoms with Gasteiger partial charge in [0.05, 0.1) is 12.1 Å². The summed E-state index contributed by atoms with van der Waals surface area (Å²) in [6, 6.07) is 8.61. The van der Waals surface area contributed by atoms with Crippen LogP contribution in [0.3, 0.4) is 0 Å². The first-order valence-electron chi connectivity index (χ1n) is 6.31. The first-order chi connectivity index (χ1) is 9.70. The lowest BCUT2D eigenvalue weighted by Gasteiger charge is -2.33. The Morgan fingerprint density at radius 2 is 2.20 bits per heavy atom. The quantitative estimate of drug-likeness (QED) is 0.393. The zero-order valence-electron chi connectivity index (χ0n) is 10.8. The van der Waals surface area contributed by atoms with Crippen molar-refractivity contribution in [2.45, 2.75) is 31.3 Å². The Bertz CT molecular complexity index is 502. The Hall–Kier alpha value is -2.08. The smallest absolute Gasteiger partial charge is 0.338 e. The van der Waals surface area contributed by atoms with Crippen LogP contribution in [-0.4, -0.2) is 36.1 Å². The molecule has 0 saturated carbocycles. The van der Waals surface area contributed by atoms with Crippen molar-refractivity contribution in [3.8, 4) is 0 Å². The third kappa shape index (κ3) is 3.71. The second kappa shape index (κ2) is 6.91. The Balaban J connectivity index is 2.02. The number of nitrogens with zero attached hydrogens (tertiary/aromatic N) is 3. The van der Waals surface area contributed by atoms with E-state index in [1.54, 1.807) is 30.3 Å². The summed E-state index contributed by atoms with van der Waals surface area (Å²) in [5, 5.41) is 12.9. The zero-order valence-corrected chi connectivity index (χ0v) is 10.8. The molecule has 1 fully saturated rings. The topological polar surface area (TPSA) is 105 Å². The van der Waals surface area contributed by atoms with Crippen LogP contribution in [0.4, 0.5) is 0 Å². The molecule has 0 amide bonds. The lowest BCUT2D eigenvalue weighted by Crippen LogP contribution is -2.43. The molecule has 7 nitrogen and oxygen atoms in total. The van der Waals surface area contributed by atoms with Crippen LogP contribution >= 0.6 is 0 Å². The number of aliphatic hydroxyl groups is 1. The van der Waals surface area contributed by atoms with E-state index < -0.39 is 24.5 Å². The van der Waals surface area contributed by atoms with Gasteiger partial charge in [-0.2, -0.15) is 0 Å². The van der Waals surface area contributed by atoms with E-state index in [4.69, 9.17) is 15.0 Å². The third-order valence-corrected chi connectivity index (χ3v) is 3.04. The molecule has 0 aliphatic carbocycles. The van der Waals surface area contributed by atoms with Crippen molar-refractivity contribution in [1.29, 1.82) is 0 Å². The summed E-state index contributed by atoms with van der Waals surface area (Å²) in [7, 11) is 0. The van der Waals surface area contributed by atoms with Crippen LogP contribution in [0.2, 0.25) is 0 Å². The molecule has 0 spiro atoms. The highest BCUT2D eigenvalue weighted by Gasteiger charge is 2.32. The molecule has 7 heteroatoms. The van der Waals surface area contributed by atoms with Gasteiger partial charge in [0.2, 0.25) is 0 Å². The van der Waals surface area contributed by atoms with Crippen LogP contribution in [0.1, 0.15) is 23.2 Å². The fraction of sp³-hybridized carbons (Fsp3) is 0.462. The Morgan fingerprint density at radius 3 is 2.90 bits per heavy atom. The number of esters is 1. The van der Waals surface area contributed by atoms with Gasteiger partial charge in [-0.3, -0.25) is 0 Å².